The number of ketones is 1. The number of carbonyl (C=O) groups is 6. The fourth-order valence-corrected chi connectivity index (χ4v) is 2.90. The molecule has 2 atom stereocenters. The Bertz CT molecular complexity index is 948. The molecule has 0 saturated carbocycles. The summed E-state index contributed by atoms with van der Waals surface area (Å²) >= 11 is 0. The van der Waals surface area contributed by atoms with Gasteiger partial charge in [0.25, 0.3) is 5.91 Å². The number of Topliss-reactive ketones (excluding diaryl/α,β-unsaturated/α-hetero) is 1. The largest absolute Gasteiger partial charge is 0.481 e. The van der Waals surface area contributed by atoms with E-state index < -0.39 is 48.4 Å². The van der Waals surface area contributed by atoms with Crippen molar-refractivity contribution in [1.29, 1.82) is 0 Å². The molecule has 0 spiro atoms. The van der Waals surface area contributed by atoms with Gasteiger partial charge in [-0.25, -0.2) is 14.4 Å². The lowest BCUT2D eigenvalue weighted by atomic mass is 10.1. The minimum absolute atomic E-state index is 0.00173. The lowest BCUT2D eigenvalue weighted by molar-refractivity contribution is -0.140. The minimum Gasteiger partial charge on any atom is -0.481 e. The highest BCUT2D eigenvalue weighted by Gasteiger charge is 2.24. The Morgan fingerprint density at radius 3 is 1.94 bits per heavy atom. The maximum Gasteiger partial charge on any atom is 0.326 e. The van der Waals surface area contributed by atoms with E-state index in [1.807, 2.05) is 5.32 Å². The number of amides is 3. The smallest absolute Gasteiger partial charge is 0.326 e. The third-order valence-corrected chi connectivity index (χ3v) is 4.68. The Kier molecular flexibility index (Phi) is 11.0. The van der Waals surface area contributed by atoms with Crippen LogP contribution in [-0.2, 0) is 14.4 Å². The molecule has 2 unspecified atom stereocenters. The molecule has 1 rings (SSSR count). The number of rotatable bonds is 14. The second-order valence-electron chi connectivity index (χ2n) is 7.48. The van der Waals surface area contributed by atoms with Gasteiger partial charge < -0.3 is 37.0 Å². The van der Waals surface area contributed by atoms with Crippen LogP contribution >= 0.6 is 0 Å². The summed E-state index contributed by atoms with van der Waals surface area (Å²) in [6.45, 7) is 1.54. The maximum atomic E-state index is 12.3. The van der Waals surface area contributed by atoms with Crippen molar-refractivity contribution in [2.24, 2.45) is 0 Å². The Morgan fingerprint density at radius 2 is 1.41 bits per heavy atom. The molecule has 0 heterocycles. The standard InChI is InChI=1S/C21H28N4O9/c1-11(26)12-8-13(10-14(22)9-12)18(29)23-7-3-2-4-15(19(30)31)24-21(34)25-16(20(32)33)5-6-17(27)28/h8-10,15-16H,2-7,22H2,1H3,(H,23,29)(H,27,28)(H,30,31)(H,32,33)(H2,24,25,34). The molecular formula is C21H28N4O9. The highest BCUT2D eigenvalue weighted by Crippen LogP contribution is 2.13. The van der Waals surface area contributed by atoms with Crippen LogP contribution in [0, 0.1) is 0 Å². The SMILES string of the molecule is CC(=O)c1cc(N)cc(C(=O)NCCCCC(NC(=O)NC(CCC(=O)O)C(=O)O)C(=O)O)c1. The Morgan fingerprint density at radius 1 is 0.853 bits per heavy atom. The van der Waals surface area contributed by atoms with Crippen molar-refractivity contribution in [3.05, 3.63) is 29.3 Å². The van der Waals surface area contributed by atoms with E-state index in [2.05, 4.69) is 10.6 Å². The zero-order valence-electron chi connectivity index (χ0n) is 18.5. The number of urea groups is 1. The molecule has 3 amide bonds. The topological polar surface area (TPSA) is 225 Å². The first kappa shape index (κ1) is 27.9. The van der Waals surface area contributed by atoms with Crippen LogP contribution in [0.15, 0.2) is 18.2 Å². The highest BCUT2D eigenvalue weighted by atomic mass is 16.4. The zero-order chi connectivity index (χ0) is 25.8. The number of nitrogen functional groups attached to an aromatic ring is 1. The molecule has 8 N–H and O–H groups in total. The van der Waals surface area contributed by atoms with Gasteiger partial charge in [-0.15, -0.1) is 0 Å². The van der Waals surface area contributed by atoms with E-state index in [0.717, 1.165) is 0 Å². The van der Waals surface area contributed by atoms with Crippen molar-refractivity contribution in [2.45, 2.75) is 51.1 Å². The summed E-state index contributed by atoms with van der Waals surface area (Å²) in [5.41, 5.74) is 6.48. The predicted octanol–water partition coefficient (Wildman–Crippen LogP) is 0.442. The van der Waals surface area contributed by atoms with Crippen molar-refractivity contribution in [2.75, 3.05) is 12.3 Å². The van der Waals surface area contributed by atoms with Gasteiger partial charge in [0.05, 0.1) is 0 Å². The Labute approximate surface area is 194 Å². The molecule has 0 bridgehead atoms. The molecule has 0 fully saturated rings. The van der Waals surface area contributed by atoms with Crippen LogP contribution in [-0.4, -0.2) is 69.6 Å². The van der Waals surface area contributed by atoms with Gasteiger partial charge in [0.1, 0.15) is 12.1 Å². The molecule has 0 radical (unpaired) electrons. The summed E-state index contributed by atoms with van der Waals surface area (Å²) in [6.07, 6.45) is -0.183. The number of nitrogens with one attached hydrogen (secondary N) is 3. The molecule has 0 aliphatic rings. The number of anilines is 1. The second kappa shape index (κ2) is 13.4. The van der Waals surface area contributed by atoms with Gasteiger partial charge in [0, 0.05) is 29.8 Å². The van der Waals surface area contributed by atoms with Crippen molar-refractivity contribution >= 4 is 41.3 Å². The molecule has 34 heavy (non-hydrogen) atoms. The van der Waals surface area contributed by atoms with E-state index in [1.54, 1.807) is 0 Å². The van der Waals surface area contributed by atoms with Gasteiger partial charge in [-0.3, -0.25) is 14.4 Å². The summed E-state index contributed by atoms with van der Waals surface area (Å²) in [4.78, 5) is 68.8. The number of hydrogen-bond acceptors (Lipinski definition) is 7. The van der Waals surface area contributed by atoms with Crippen LogP contribution in [0.1, 0.15) is 59.7 Å². The normalized spacial score (nSPS) is 12.1. The Hall–Kier alpha value is -4.16. The number of unbranched alkanes of at least 4 members (excludes halogenated alkanes) is 1. The van der Waals surface area contributed by atoms with Crippen LogP contribution in [0.4, 0.5) is 10.5 Å². The van der Waals surface area contributed by atoms with Gasteiger partial charge in [-0.2, -0.15) is 0 Å². The van der Waals surface area contributed by atoms with Crippen molar-refractivity contribution in [3.63, 3.8) is 0 Å². The molecule has 0 aromatic heterocycles. The van der Waals surface area contributed by atoms with Crippen LogP contribution in [0.25, 0.3) is 0 Å². The van der Waals surface area contributed by atoms with Gasteiger partial charge in [-0.05, 0) is 50.8 Å². The summed E-state index contributed by atoms with van der Waals surface area (Å²) in [7, 11) is 0. The number of hydrogen-bond donors (Lipinski definition) is 7. The maximum absolute atomic E-state index is 12.3. The molecule has 0 aliphatic carbocycles. The number of aliphatic carboxylic acids is 3. The average molecular weight is 480 g/mol. The number of nitrogens with two attached hydrogens (primary N) is 1. The molecule has 13 nitrogen and oxygen atoms in total. The van der Waals surface area contributed by atoms with Crippen molar-refractivity contribution < 1.29 is 44.1 Å². The molecule has 1 aromatic carbocycles. The molecular weight excluding hydrogens is 452 g/mol. The summed E-state index contributed by atoms with van der Waals surface area (Å²) in [5, 5.41) is 33.8. The van der Waals surface area contributed by atoms with Crippen LogP contribution < -0.4 is 21.7 Å². The van der Waals surface area contributed by atoms with Gasteiger partial charge in [-0.1, -0.05) is 0 Å². The number of carboxylic acids is 3. The number of carboxylic acid groups (broad SMARTS) is 3. The average Bonchev–Trinajstić information content (AvgIpc) is 2.74. The first-order valence-corrected chi connectivity index (χ1v) is 10.3. The van der Waals surface area contributed by atoms with Gasteiger partial charge in [0.2, 0.25) is 0 Å². The van der Waals surface area contributed by atoms with E-state index in [1.165, 1.54) is 25.1 Å². The van der Waals surface area contributed by atoms with Crippen LogP contribution in [0.3, 0.4) is 0 Å². The molecule has 0 saturated heterocycles. The summed E-state index contributed by atoms with van der Waals surface area (Å²) < 4.78 is 0. The van der Waals surface area contributed by atoms with Crippen molar-refractivity contribution in [1.82, 2.24) is 16.0 Å². The van der Waals surface area contributed by atoms with E-state index in [4.69, 9.17) is 15.9 Å². The Balaban J connectivity index is 2.50. The van der Waals surface area contributed by atoms with Gasteiger partial charge >= 0.3 is 23.9 Å². The predicted molar refractivity (Wildman–Crippen MR) is 118 cm³/mol. The highest BCUT2D eigenvalue weighted by molar-refractivity contribution is 6.00. The van der Waals surface area contributed by atoms with Gasteiger partial charge in [0.15, 0.2) is 5.78 Å². The van der Waals surface area contributed by atoms with E-state index in [0.29, 0.717) is 18.4 Å². The minimum atomic E-state index is -1.49. The zero-order valence-corrected chi connectivity index (χ0v) is 18.5. The molecule has 186 valence electrons. The van der Waals surface area contributed by atoms with Crippen molar-refractivity contribution in [3.8, 4) is 0 Å². The first-order chi connectivity index (χ1) is 15.9. The summed E-state index contributed by atoms with van der Waals surface area (Å²) in [5.74, 6) is -4.72. The van der Waals surface area contributed by atoms with Crippen LogP contribution in [0.2, 0.25) is 0 Å². The third-order valence-electron chi connectivity index (χ3n) is 4.68. The molecule has 0 aliphatic heterocycles. The number of carbonyl (C=O) groups excluding carboxylic acids is 3. The lowest BCUT2D eigenvalue weighted by Crippen LogP contribution is -2.51. The van der Waals surface area contributed by atoms with E-state index in [9.17, 15) is 33.9 Å². The van der Waals surface area contributed by atoms with E-state index in [-0.39, 0.29) is 36.4 Å². The fourth-order valence-electron chi connectivity index (χ4n) is 2.90. The fraction of sp³-hybridized carbons (Fsp3) is 0.429. The second-order valence-corrected chi connectivity index (χ2v) is 7.48. The molecule has 13 heteroatoms. The summed E-state index contributed by atoms with van der Waals surface area (Å²) in [6, 6.07) is 0.428. The third kappa shape index (κ3) is 9.97. The van der Waals surface area contributed by atoms with E-state index >= 15 is 0 Å². The first-order valence-electron chi connectivity index (χ1n) is 10.3. The monoisotopic (exact) mass is 480 g/mol. The number of benzene rings is 1. The lowest BCUT2D eigenvalue weighted by Gasteiger charge is -2.18. The molecule has 1 aromatic rings. The quantitative estimate of drug-likeness (QED) is 0.110. The van der Waals surface area contributed by atoms with Crippen LogP contribution in [0.5, 0.6) is 0 Å².